The lowest BCUT2D eigenvalue weighted by molar-refractivity contribution is -0.156. The molecule has 4 amide bonds. The van der Waals surface area contributed by atoms with Crippen molar-refractivity contribution in [3.05, 3.63) is 47.5 Å². The van der Waals surface area contributed by atoms with Crippen molar-refractivity contribution >= 4 is 23.8 Å². The molecule has 166 valence electrons. The van der Waals surface area contributed by atoms with Gasteiger partial charge in [0.15, 0.2) is 6.10 Å². The summed E-state index contributed by atoms with van der Waals surface area (Å²) in [5.41, 5.74) is 0.705. The zero-order chi connectivity index (χ0) is 22.4. The van der Waals surface area contributed by atoms with Crippen LogP contribution in [0.3, 0.4) is 0 Å². The van der Waals surface area contributed by atoms with E-state index in [2.05, 4.69) is 16.7 Å². The van der Waals surface area contributed by atoms with Crippen molar-refractivity contribution in [3.8, 4) is 0 Å². The van der Waals surface area contributed by atoms with Gasteiger partial charge in [-0.1, -0.05) is 42.0 Å². The van der Waals surface area contributed by atoms with Gasteiger partial charge in [0.05, 0.1) is 0 Å². The number of amides is 4. The van der Waals surface area contributed by atoms with Gasteiger partial charge in [-0.05, 0) is 51.5 Å². The number of ether oxygens (including phenoxy) is 1. The Hall–Kier alpha value is -3.16. The van der Waals surface area contributed by atoms with Crippen LogP contribution in [0.4, 0.5) is 4.79 Å². The van der Waals surface area contributed by atoms with E-state index in [4.69, 9.17) is 4.74 Å². The Morgan fingerprint density at radius 3 is 2.65 bits per heavy atom. The first-order chi connectivity index (χ1) is 14.8. The fourth-order valence-electron chi connectivity index (χ4n) is 3.85. The highest BCUT2D eigenvalue weighted by molar-refractivity contribution is 6.08. The molecule has 3 rings (SSSR count). The maximum absolute atomic E-state index is 12.8. The molecule has 0 saturated carbocycles. The summed E-state index contributed by atoms with van der Waals surface area (Å²) in [7, 11) is 0. The Kier molecular flexibility index (Phi) is 7.09. The van der Waals surface area contributed by atoms with Crippen LogP contribution in [-0.4, -0.2) is 47.9 Å². The fraction of sp³-hybridized carbons (Fsp3) is 0.478. The van der Waals surface area contributed by atoms with Crippen LogP contribution < -0.4 is 10.6 Å². The zero-order valence-corrected chi connectivity index (χ0v) is 18.0. The highest BCUT2D eigenvalue weighted by Crippen LogP contribution is 2.28. The second-order valence-electron chi connectivity index (χ2n) is 8.09. The van der Waals surface area contributed by atoms with Gasteiger partial charge in [0, 0.05) is 6.54 Å². The lowest BCUT2D eigenvalue weighted by Crippen LogP contribution is -2.42. The molecule has 0 bridgehead atoms. The predicted molar refractivity (Wildman–Crippen MR) is 114 cm³/mol. The maximum atomic E-state index is 12.8. The molecule has 1 aromatic carbocycles. The number of benzene rings is 1. The van der Waals surface area contributed by atoms with E-state index in [0.717, 1.165) is 24.2 Å². The number of esters is 1. The Balaban J connectivity index is 1.49. The summed E-state index contributed by atoms with van der Waals surface area (Å²) in [6.07, 6.45) is 6.53. The van der Waals surface area contributed by atoms with E-state index in [1.807, 2.05) is 6.07 Å². The second kappa shape index (κ2) is 9.76. The fourth-order valence-corrected chi connectivity index (χ4v) is 3.85. The standard InChI is InChI=1S/C23H29N3O5/c1-16(20(28)24-14-13-17-9-5-3-6-10-17)31-19(27)15-26-21(29)23(2,25-22(26)30)18-11-7-4-8-12-18/h4,7-9,11-12,16H,3,5-6,10,13-15H2,1-2H3,(H,24,28)(H,25,30)/t16-,23+/m1/s1. The van der Waals surface area contributed by atoms with E-state index in [1.54, 1.807) is 31.2 Å². The van der Waals surface area contributed by atoms with Crippen LogP contribution in [0.2, 0.25) is 0 Å². The average Bonchev–Trinajstić information content (AvgIpc) is 2.99. The number of carbonyl (C=O) groups excluding carboxylic acids is 4. The molecule has 31 heavy (non-hydrogen) atoms. The molecule has 1 aliphatic carbocycles. The normalized spacial score (nSPS) is 21.9. The van der Waals surface area contributed by atoms with Crippen LogP contribution in [0.1, 0.15) is 51.5 Å². The van der Waals surface area contributed by atoms with Crippen LogP contribution in [0.15, 0.2) is 42.0 Å². The van der Waals surface area contributed by atoms with Gasteiger partial charge in [0.1, 0.15) is 12.1 Å². The van der Waals surface area contributed by atoms with Crippen molar-refractivity contribution in [2.75, 3.05) is 13.1 Å². The van der Waals surface area contributed by atoms with E-state index in [9.17, 15) is 19.2 Å². The molecule has 2 aliphatic rings. The summed E-state index contributed by atoms with van der Waals surface area (Å²) in [6, 6.07) is 8.13. The van der Waals surface area contributed by atoms with Crippen LogP contribution in [0.25, 0.3) is 0 Å². The van der Waals surface area contributed by atoms with Crippen molar-refractivity contribution in [2.24, 2.45) is 0 Å². The molecular weight excluding hydrogens is 398 g/mol. The van der Waals surface area contributed by atoms with Gasteiger partial charge >= 0.3 is 12.0 Å². The minimum absolute atomic E-state index is 0.406. The SMILES string of the molecule is C[C@@H](OC(=O)CN1C(=O)N[C@@](C)(c2ccccc2)C1=O)C(=O)NCCC1=CCCCC1. The van der Waals surface area contributed by atoms with Crippen molar-refractivity contribution < 1.29 is 23.9 Å². The van der Waals surface area contributed by atoms with Gasteiger partial charge in [-0.25, -0.2) is 4.79 Å². The van der Waals surface area contributed by atoms with E-state index in [-0.39, 0.29) is 0 Å². The molecule has 0 radical (unpaired) electrons. The smallest absolute Gasteiger partial charge is 0.327 e. The Morgan fingerprint density at radius 1 is 1.23 bits per heavy atom. The number of rotatable bonds is 8. The van der Waals surface area contributed by atoms with Gasteiger partial charge in [0.2, 0.25) is 0 Å². The van der Waals surface area contributed by atoms with Crippen molar-refractivity contribution in [3.63, 3.8) is 0 Å². The lowest BCUT2D eigenvalue weighted by atomic mass is 9.92. The number of hydrogen-bond donors (Lipinski definition) is 2. The van der Waals surface area contributed by atoms with Gasteiger partial charge in [0.25, 0.3) is 11.8 Å². The number of allylic oxidation sites excluding steroid dienone is 1. The molecule has 1 saturated heterocycles. The summed E-state index contributed by atoms with van der Waals surface area (Å²) in [5.74, 6) is -1.77. The second-order valence-corrected chi connectivity index (χ2v) is 8.09. The summed E-state index contributed by atoms with van der Waals surface area (Å²) < 4.78 is 5.15. The first-order valence-electron chi connectivity index (χ1n) is 10.7. The minimum atomic E-state index is -1.25. The number of imide groups is 1. The Bertz CT molecular complexity index is 882. The maximum Gasteiger partial charge on any atom is 0.327 e. The molecule has 0 aromatic heterocycles. The summed E-state index contributed by atoms with van der Waals surface area (Å²) >= 11 is 0. The third-order valence-corrected chi connectivity index (χ3v) is 5.72. The molecule has 1 fully saturated rings. The third-order valence-electron chi connectivity index (χ3n) is 5.72. The molecule has 8 heteroatoms. The highest BCUT2D eigenvalue weighted by Gasteiger charge is 2.49. The van der Waals surface area contributed by atoms with Crippen molar-refractivity contribution in [1.82, 2.24) is 15.5 Å². The molecule has 8 nitrogen and oxygen atoms in total. The molecule has 0 unspecified atom stereocenters. The third kappa shape index (κ3) is 5.31. The minimum Gasteiger partial charge on any atom is -0.451 e. The molecule has 0 spiro atoms. The van der Waals surface area contributed by atoms with Gasteiger partial charge in [-0.3, -0.25) is 19.3 Å². The van der Waals surface area contributed by atoms with Gasteiger partial charge in [-0.15, -0.1) is 0 Å². The summed E-state index contributed by atoms with van der Waals surface area (Å²) in [5, 5.41) is 5.40. The molecule has 1 heterocycles. The number of hydrogen-bond acceptors (Lipinski definition) is 5. The zero-order valence-electron chi connectivity index (χ0n) is 18.0. The number of carbonyl (C=O) groups is 4. The predicted octanol–water partition coefficient (Wildman–Crippen LogP) is 2.39. The average molecular weight is 428 g/mol. The molecular formula is C23H29N3O5. The van der Waals surface area contributed by atoms with E-state index >= 15 is 0 Å². The van der Waals surface area contributed by atoms with Crippen LogP contribution in [-0.2, 0) is 24.7 Å². The molecule has 2 N–H and O–H groups in total. The summed E-state index contributed by atoms with van der Waals surface area (Å²) in [4.78, 5) is 50.5. The van der Waals surface area contributed by atoms with Crippen molar-refractivity contribution in [2.45, 2.75) is 57.6 Å². The Labute approximate surface area is 182 Å². The first-order valence-corrected chi connectivity index (χ1v) is 10.7. The molecule has 1 aliphatic heterocycles. The lowest BCUT2D eigenvalue weighted by Gasteiger charge is -2.22. The van der Waals surface area contributed by atoms with E-state index < -0.39 is 42.0 Å². The number of nitrogens with one attached hydrogen (secondary N) is 2. The van der Waals surface area contributed by atoms with Crippen LogP contribution in [0.5, 0.6) is 0 Å². The van der Waals surface area contributed by atoms with Gasteiger partial charge < -0.3 is 15.4 Å². The Morgan fingerprint density at radius 2 is 1.97 bits per heavy atom. The quantitative estimate of drug-likeness (QED) is 0.377. The molecule has 2 atom stereocenters. The van der Waals surface area contributed by atoms with E-state index in [0.29, 0.717) is 12.1 Å². The number of urea groups is 1. The summed E-state index contributed by atoms with van der Waals surface area (Å²) in [6.45, 7) is 2.98. The first kappa shape index (κ1) is 22.5. The van der Waals surface area contributed by atoms with Crippen molar-refractivity contribution in [1.29, 1.82) is 0 Å². The largest absolute Gasteiger partial charge is 0.451 e. The molecule has 1 aromatic rings. The highest BCUT2D eigenvalue weighted by atomic mass is 16.5. The van der Waals surface area contributed by atoms with Crippen LogP contribution in [0, 0.1) is 0 Å². The monoisotopic (exact) mass is 427 g/mol. The van der Waals surface area contributed by atoms with Gasteiger partial charge in [-0.2, -0.15) is 0 Å². The number of nitrogens with zero attached hydrogens (tertiary/aromatic N) is 1. The van der Waals surface area contributed by atoms with E-state index in [1.165, 1.54) is 25.3 Å². The topological polar surface area (TPSA) is 105 Å². The van der Waals surface area contributed by atoms with Crippen LogP contribution >= 0.6 is 0 Å².